The summed E-state index contributed by atoms with van der Waals surface area (Å²) in [4.78, 5) is 8.22. The van der Waals surface area contributed by atoms with E-state index in [0.29, 0.717) is 23.4 Å². The van der Waals surface area contributed by atoms with Gasteiger partial charge in [0.1, 0.15) is 12.1 Å². The molecule has 2 rings (SSSR count). The summed E-state index contributed by atoms with van der Waals surface area (Å²) in [6, 6.07) is 7.11. The average Bonchev–Trinajstić information content (AvgIpc) is 2.50. The van der Waals surface area contributed by atoms with E-state index in [2.05, 4.69) is 15.3 Å². The quantitative estimate of drug-likeness (QED) is 0.888. The number of hydrogen-bond acceptors (Lipinski definition) is 4. The maximum atomic E-state index is 14.3. The summed E-state index contributed by atoms with van der Waals surface area (Å²) in [5, 5.41) is 3.31. The lowest BCUT2D eigenvalue weighted by Gasteiger charge is -2.19. The molecule has 1 unspecified atom stereocenters. The summed E-state index contributed by atoms with van der Waals surface area (Å²) in [6.07, 6.45) is 2.04. The number of nitrogens with one attached hydrogen (secondary N) is 1. The highest BCUT2D eigenvalue weighted by molar-refractivity contribution is 5.29. The van der Waals surface area contributed by atoms with E-state index in [1.807, 2.05) is 19.1 Å². The van der Waals surface area contributed by atoms with Gasteiger partial charge in [0.2, 0.25) is 5.88 Å². The van der Waals surface area contributed by atoms with Crippen molar-refractivity contribution in [3.05, 3.63) is 53.2 Å². The van der Waals surface area contributed by atoms with Gasteiger partial charge in [-0.15, -0.1) is 0 Å². The van der Waals surface area contributed by atoms with Gasteiger partial charge >= 0.3 is 0 Å². The average molecular weight is 289 g/mol. The number of rotatable bonds is 6. The highest BCUT2D eigenvalue weighted by Gasteiger charge is 2.17. The third kappa shape index (κ3) is 3.76. The Kier molecular flexibility index (Phi) is 5.22. The Bertz CT molecular complexity index is 604. The molecule has 112 valence electrons. The lowest BCUT2D eigenvalue weighted by atomic mass is 9.99. The van der Waals surface area contributed by atoms with Gasteiger partial charge in [-0.1, -0.05) is 25.1 Å². The van der Waals surface area contributed by atoms with Crippen LogP contribution in [-0.2, 0) is 6.42 Å². The van der Waals surface area contributed by atoms with E-state index in [9.17, 15) is 4.39 Å². The second kappa shape index (κ2) is 7.13. The second-order valence-corrected chi connectivity index (χ2v) is 4.84. The highest BCUT2D eigenvalue weighted by atomic mass is 19.1. The Morgan fingerprint density at radius 3 is 2.86 bits per heavy atom. The van der Waals surface area contributed by atoms with Gasteiger partial charge in [0.05, 0.1) is 7.11 Å². The predicted octanol–water partition coefficient (Wildman–Crippen LogP) is 2.83. The van der Waals surface area contributed by atoms with Gasteiger partial charge in [-0.3, -0.25) is 0 Å². The molecule has 0 radical (unpaired) electrons. The first-order chi connectivity index (χ1) is 10.2. The normalized spacial score (nSPS) is 12.2. The van der Waals surface area contributed by atoms with Crippen LogP contribution in [-0.4, -0.2) is 23.6 Å². The molecule has 0 saturated carbocycles. The summed E-state index contributed by atoms with van der Waals surface area (Å²) in [5.74, 6) is 0.351. The maximum absolute atomic E-state index is 14.3. The summed E-state index contributed by atoms with van der Waals surface area (Å²) in [5.41, 5.74) is 2.12. The predicted molar refractivity (Wildman–Crippen MR) is 79.8 cm³/mol. The van der Waals surface area contributed by atoms with E-state index in [-0.39, 0.29) is 11.9 Å². The lowest BCUT2D eigenvalue weighted by Crippen LogP contribution is -2.24. The van der Waals surface area contributed by atoms with E-state index in [4.69, 9.17) is 4.74 Å². The Labute approximate surface area is 124 Å². The van der Waals surface area contributed by atoms with Crippen molar-refractivity contribution in [2.24, 2.45) is 0 Å². The molecule has 21 heavy (non-hydrogen) atoms. The number of aromatic nitrogens is 2. The molecule has 1 aromatic carbocycles. The summed E-state index contributed by atoms with van der Waals surface area (Å²) >= 11 is 0. The van der Waals surface area contributed by atoms with Crippen molar-refractivity contribution >= 4 is 0 Å². The number of methoxy groups -OCH3 is 1. The molecule has 1 aromatic heterocycles. The van der Waals surface area contributed by atoms with Crippen LogP contribution >= 0.6 is 0 Å². The molecule has 2 aromatic rings. The van der Waals surface area contributed by atoms with Crippen LogP contribution in [0.15, 0.2) is 30.6 Å². The van der Waals surface area contributed by atoms with Crippen molar-refractivity contribution in [1.29, 1.82) is 0 Å². The van der Waals surface area contributed by atoms with Crippen molar-refractivity contribution in [2.45, 2.75) is 26.3 Å². The summed E-state index contributed by atoms with van der Waals surface area (Å²) in [7, 11) is 1.56. The molecule has 1 N–H and O–H groups in total. The highest BCUT2D eigenvalue weighted by Crippen LogP contribution is 2.23. The summed E-state index contributed by atoms with van der Waals surface area (Å²) in [6.45, 7) is 4.52. The monoisotopic (exact) mass is 289 g/mol. The molecule has 0 fully saturated rings. The zero-order chi connectivity index (χ0) is 15.2. The SMILES string of the molecule is CCNC(Cc1cc(OC)ncn1)c1cccc(C)c1F. The van der Waals surface area contributed by atoms with Crippen molar-refractivity contribution in [3.8, 4) is 5.88 Å². The maximum Gasteiger partial charge on any atom is 0.216 e. The van der Waals surface area contributed by atoms with Gasteiger partial charge in [0, 0.05) is 29.8 Å². The molecule has 0 bridgehead atoms. The van der Waals surface area contributed by atoms with Crippen LogP contribution in [0, 0.1) is 12.7 Å². The number of benzene rings is 1. The minimum atomic E-state index is -0.163. The summed E-state index contributed by atoms with van der Waals surface area (Å²) < 4.78 is 19.4. The van der Waals surface area contributed by atoms with Gasteiger partial charge in [-0.2, -0.15) is 0 Å². The van der Waals surface area contributed by atoms with E-state index < -0.39 is 0 Å². The Hall–Kier alpha value is -2.01. The largest absolute Gasteiger partial charge is 0.481 e. The van der Waals surface area contributed by atoms with Crippen molar-refractivity contribution < 1.29 is 9.13 Å². The number of hydrogen-bond donors (Lipinski definition) is 1. The molecule has 0 saturated heterocycles. The molecule has 1 heterocycles. The number of nitrogens with zero attached hydrogens (tertiary/aromatic N) is 2. The van der Waals surface area contributed by atoms with Gasteiger partial charge < -0.3 is 10.1 Å². The van der Waals surface area contributed by atoms with Crippen molar-refractivity contribution in [3.63, 3.8) is 0 Å². The fourth-order valence-electron chi connectivity index (χ4n) is 2.29. The zero-order valence-electron chi connectivity index (χ0n) is 12.6. The van der Waals surface area contributed by atoms with E-state index in [1.54, 1.807) is 26.2 Å². The van der Waals surface area contributed by atoms with Gasteiger partial charge in [-0.05, 0) is 19.0 Å². The first-order valence-electron chi connectivity index (χ1n) is 6.99. The third-order valence-corrected chi connectivity index (χ3v) is 3.37. The number of aryl methyl sites for hydroxylation is 1. The minimum Gasteiger partial charge on any atom is -0.481 e. The van der Waals surface area contributed by atoms with E-state index in [1.165, 1.54) is 6.33 Å². The van der Waals surface area contributed by atoms with Crippen LogP contribution in [0.25, 0.3) is 0 Å². The van der Waals surface area contributed by atoms with Crippen LogP contribution in [0.2, 0.25) is 0 Å². The van der Waals surface area contributed by atoms with Crippen LogP contribution in [0.5, 0.6) is 5.88 Å². The smallest absolute Gasteiger partial charge is 0.216 e. The Morgan fingerprint density at radius 1 is 1.33 bits per heavy atom. The van der Waals surface area contributed by atoms with Crippen LogP contribution in [0.1, 0.15) is 29.8 Å². The number of ether oxygens (including phenoxy) is 1. The topological polar surface area (TPSA) is 47.0 Å². The lowest BCUT2D eigenvalue weighted by molar-refractivity contribution is 0.395. The van der Waals surface area contributed by atoms with E-state index >= 15 is 0 Å². The van der Waals surface area contributed by atoms with Crippen LogP contribution in [0.3, 0.4) is 0 Å². The molecular formula is C16H20FN3O. The molecule has 0 spiro atoms. The number of likely N-dealkylation sites (N-methyl/N-ethyl adjacent to an activating group) is 1. The molecule has 0 aliphatic heterocycles. The van der Waals surface area contributed by atoms with Crippen LogP contribution < -0.4 is 10.1 Å². The van der Waals surface area contributed by atoms with Crippen LogP contribution in [0.4, 0.5) is 4.39 Å². The third-order valence-electron chi connectivity index (χ3n) is 3.37. The Balaban J connectivity index is 2.28. The second-order valence-electron chi connectivity index (χ2n) is 4.84. The van der Waals surface area contributed by atoms with Gasteiger partial charge in [-0.25, -0.2) is 14.4 Å². The molecular weight excluding hydrogens is 269 g/mol. The fourth-order valence-corrected chi connectivity index (χ4v) is 2.29. The van der Waals surface area contributed by atoms with Crippen molar-refractivity contribution in [2.75, 3.05) is 13.7 Å². The standard InChI is InChI=1S/C16H20FN3O/c1-4-18-14(13-7-5-6-11(2)16(13)17)8-12-9-15(21-3)20-10-19-12/h5-7,9-10,14,18H,4,8H2,1-3H3. The van der Waals surface area contributed by atoms with Crippen molar-refractivity contribution in [1.82, 2.24) is 15.3 Å². The number of halogens is 1. The molecule has 5 heteroatoms. The minimum absolute atomic E-state index is 0.130. The molecule has 0 aliphatic carbocycles. The van der Waals surface area contributed by atoms with E-state index in [0.717, 1.165) is 12.2 Å². The molecule has 0 aliphatic rings. The van der Waals surface area contributed by atoms with Gasteiger partial charge in [0.15, 0.2) is 0 Å². The fraction of sp³-hybridized carbons (Fsp3) is 0.375. The first-order valence-corrected chi connectivity index (χ1v) is 6.99. The molecule has 1 atom stereocenters. The molecule has 4 nitrogen and oxygen atoms in total. The zero-order valence-corrected chi connectivity index (χ0v) is 12.6. The first kappa shape index (κ1) is 15.4. The van der Waals surface area contributed by atoms with Gasteiger partial charge in [0.25, 0.3) is 0 Å². The Morgan fingerprint density at radius 2 is 2.14 bits per heavy atom. The molecule has 0 amide bonds.